The van der Waals surface area contributed by atoms with Crippen LogP contribution in [0.5, 0.6) is 5.75 Å². The Bertz CT molecular complexity index is 1040. The molecule has 2 aromatic heterocycles. The number of methoxy groups -OCH3 is 1. The molecular weight excluding hydrogens is 401 g/mol. The van der Waals surface area contributed by atoms with Crippen molar-refractivity contribution in [2.75, 3.05) is 31.8 Å². The van der Waals surface area contributed by atoms with E-state index in [9.17, 15) is 13.2 Å². The van der Waals surface area contributed by atoms with Crippen molar-refractivity contribution in [2.24, 2.45) is 0 Å². The molecule has 0 saturated heterocycles. The van der Waals surface area contributed by atoms with Crippen LogP contribution >= 0.6 is 0 Å². The Balaban J connectivity index is 2.05. The third kappa shape index (κ3) is 4.79. The molecular formula is C19H21F3N6O2. The van der Waals surface area contributed by atoms with Crippen LogP contribution in [0.25, 0.3) is 16.8 Å². The smallest absolute Gasteiger partial charge is 0.411 e. The molecule has 3 aromatic rings. The third-order valence-corrected chi connectivity index (χ3v) is 4.20. The Labute approximate surface area is 170 Å². The van der Waals surface area contributed by atoms with Gasteiger partial charge in [-0.2, -0.15) is 18.2 Å². The molecule has 0 spiro atoms. The van der Waals surface area contributed by atoms with Crippen molar-refractivity contribution in [1.82, 2.24) is 19.5 Å². The third-order valence-electron chi connectivity index (χ3n) is 4.20. The van der Waals surface area contributed by atoms with Gasteiger partial charge in [-0.15, -0.1) is 0 Å². The molecule has 0 aliphatic heterocycles. The minimum Gasteiger partial charge on any atom is -0.495 e. The van der Waals surface area contributed by atoms with Crippen LogP contribution < -0.4 is 15.8 Å². The number of nitrogens with zero attached hydrogens (tertiary/aromatic N) is 4. The SMILES string of the molecule is CNc1nc(N)nc(COCC(F)(F)F)c1-c1ccc(-n2cnc(C)c2)c(OC)c1. The average molecular weight is 422 g/mol. The van der Waals surface area contributed by atoms with E-state index in [2.05, 4.69) is 20.3 Å². The van der Waals surface area contributed by atoms with Crippen LogP contribution in [0.2, 0.25) is 0 Å². The van der Waals surface area contributed by atoms with Crippen LogP contribution in [0.4, 0.5) is 24.9 Å². The minimum absolute atomic E-state index is 0.0776. The predicted molar refractivity (Wildman–Crippen MR) is 106 cm³/mol. The molecule has 3 N–H and O–H groups in total. The number of halogens is 3. The lowest BCUT2D eigenvalue weighted by Crippen LogP contribution is -2.17. The highest BCUT2D eigenvalue weighted by Gasteiger charge is 2.28. The maximum Gasteiger partial charge on any atom is 0.411 e. The number of rotatable bonds is 7. The highest BCUT2D eigenvalue weighted by Crippen LogP contribution is 2.35. The van der Waals surface area contributed by atoms with Crippen LogP contribution in [0.3, 0.4) is 0 Å². The number of alkyl halides is 3. The van der Waals surface area contributed by atoms with Crippen LogP contribution in [0.1, 0.15) is 11.4 Å². The molecule has 2 heterocycles. The summed E-state index contributed by atoms with van der Waals surface area (Å²) in [4.78, 5) is 12.5. The zero-order valence-electron chi connectivity index (χ0n) is 16.6. The molecule has 0 radical (unpaired) electrons. The zero-order valence-corrected chi connectivity index (χ0v) is 16.6. The fraction of sp³-hybridized carbons (Fsp3) is 0.316. The summed E-state index contributed by atoms with van der Waals surface area (Å²) < 4.78 is 49.6. The maximum absolute atomic E-state index is 12.5. The van der Waals surface area contributed by atoms with Gasteiger partial charge in [-0.1, -0.05) is 6.07 Å². The van der Waals surface area contributed by atoms with Gasteiger partial charge in [-0.3, -0.25) is 0 Å². The number of hydrogen-bond donors (Lipinski definition) is 2. The standard InChI is InChI=1S/C19H21F3N6O2/c1-11-7-28(10-25-11)14-5-4-12(6-15(14)29-3)16-13(8-30-9-19(20,21)22)26-18(23)27-17(16)24-2/h4-7,10H,8-9H2,1-3H3,(H3,23,24,26,27). The Morgan fingerprint density at radius 3 is 2.60 bits per heavy atom. The van der Waals surface area contributed by atoms with Crippen molar-refractivity contribution >= 4 is 11.8 Å². The molecule has 0 fully saturated rings. The van der Waals surface area contributed by atoms with Crippen molar-refractivity contribution in [3.8, 4) is 22.6 Å². The van der Waals surface area contributed by atoms with Gasteiger partial charge in [0.1, 0.15) is 18.2 Å². The molecule has 11 heteroatoms. The molecule has 0 bridgehead atoms. The molecule has 0 unspecified atom stereocenters. The maximum atomic E-state index is 12.5. The van der Waals surface area contributed by atoms with Crippen molar-refractivity contribution in [3.63, 3.8) is 0 Å². The van der Waals surface area contributed by atoms with Crippen LogP contribution in [-0.2, 0) is 11.3 Å². The number of nitrogens with one attached hydrogen (secondary N) is 1. The highest BCUT2D eigenvalue weighted by molar-refractivity contribution is 5.80. The first-order valence-corrected chi connectivity index (χ1v) is 8.90. The Morgan fingerprint density at radius 2 is 2.00 bits per heavy atom. The predicted octanol–water partition coefficient (Wildman–Crippen LogP) is 3.35. The Hall–Kier alpha value is -3.34. The number of aryl methyl sites for hydroxylation is 1. The first-order chi connectivity index (χ1) is 14.2. The van der Waals surface area contributed by atoms with E-state index >= 15 is 0 Å². The van der Waals surface area contributed by atoms with E-state index in [1.165, 1.54) is 7.11 Å². The van der Waals surface area contributed by atoms with Crippen LogP contribution in [0, 0.1) is 6.92 Å². The number of hydrogen-bond acceptors (Lipinski definition) is 7. The normalized spacial score (nSPS) is 11.5. The van der Waals surface area contributed by atoms with Crippen molar-refractivity contribution in [2.45, 2.75) is 19.7 Å². The number of nitrogens with two attached hydrogens (primary N) is 1. The van der Waals surface area contributed by atoms with E-state index in [-0.39, 0.29) is 18.2 Å². The largest absolute Gasteiger partial charge is 0.495 e. The summed E-state index contributed by atoms with van der Waals surface area (Å²) in [5, 5.41) is 2.90. The van der Waals surface area contributed by atoms with E-state index in [0.717, 1.165) is 11.4 Å². The van der Waals surface area contributed by atoms with Gasteiger partial charge < -0.3 is 25.1 Å². The average Bonchev–Trinajstić information content (AvgIpc) is 3.12. The van der Waals surface area contributed by atoms with Gasteiger partial charge in [0.05, 0.1) is 37.1 Å². The molecule has 160 valence electrons. The number of benzene rings is 1. The second-order valence-electron chi connectivity index (χ2n) is 6.42. The molecule has 1 aromatic carbocycles. The van der Waals surface area contributed by atoms with Gasteiger partial charge in [-0.05, 0) is 24.6 Å². The topological polar surface area (TPSA) is 100 Å². The first-order valence-electron chi connectivity index (χ1n) is 8.90. The molecule has 8 nitrogen and oxygen atoms in total. The zero-order chi connectivity index (χ0) is 21.9. The molecule has 0 atom stereocenters. The highest BCUT2D eigenvalue weighted by atomic mass is 19.4. The molecule has 0 saturated carbocycles. The van der Waals surface area contributed by atoms with Gasteiger partial charge in [0.2, 0.25) is 5.95 Å². The van der Waals surface area contributed by atoms with E-state index < -0.39 is 12.8 Å². The lowest BCUT2D eigenvalue weighted by molar-refractivity contribution is -0.176. The minimum atomic E-state index is -4.45. The number of imidazole rings is 1. The van der Waals surface area contributed by atoms with Crippen molar-refractivity contribution < 1.29 is 22.6 Å². The summed E-state index contributed by atoms with van der Waals surface area (Å²) in [5.74, 6) is 0.818. The van der Waals surface area contributed by atoms with Crippen molar-refractivity contribution in [1.29, 1.82) is 0 Å². The van der Waals surface area contributed by atoms with Gasteiger partial charge in [0.25, 0.3) is 0 Å². The lowest BCUT2D eigenvalue weighted by atomic mass is 10.0. The summed E-state index contributed by atoms with van der Waals surface area (Å²) >= 11 is 0. The van der Waals surface area contributed by atoms with E-state index in [1.54, 1.807) is 25.5 Å². The summed E-state index contributed by atoms with van der Waals surface area (Å²) in [6, 6.07) is 5.34. The monoisotopic (exact) mass is 422 g/mol. The van der Waals surface area contributed by atoms with Crippen molar-refractivity contribution in [3.05, 3.63) is 42.1 Å². The van der Waals surface area contributed by atoms with Gasteiger partial charge in [-0.25, -0.2) is 9.97 Å². The molecule has 0 amide bonds. The molecule has 30 heavy (non-hydrogen) atoms. The fourth-order valence-electron chi connectivity index (χ4n) is 2.98. The number of ether oxygens (including phenoxy) is 2. The van der Waals surface area contributed by atoms with E-state index in [4.69, 9.17) is 15.2 Å². The summed E-state index contributed by atoms with van der Waals surface area (Å²) in [6.45, 7) is 0.0873. The second kappa shape index (κ2) is 8.57. The quantitative estimate of drug-likeness (QED) is 0.602. The lowest BCUT2D eigenvalue weighted by Gasteiger charge is -2.17. The number of aromatic nitrogens is 4. The summed E-state index contributed by atoms with van der Waals surface area (Å²) in [6.07, 6.45) is -0.938. The first kappa shape index (κ1) is 21.4. The van der Waals surface area contributed by atoms with E-state index in [0.29, 0.717) is 22.7 Å². The van der Waals surface area contributed by atoms with Gasteiger partial charge in [0, 0.05) is 18.8 Å². The van der Waals surface area contributed by atoms with E-state index in [1.807, 2.05) is 23.8 Å². The molecule has 0 aliphatic carbocycles. The Kier molecular flexibility index (Phi) is 6.11. The fourth-order valence-corrected chi connectivity index (χ4v) is 2.98. The van der Waals surface area contributed by atoms with Crippen LogP contribution in [-0.4, -0.2) is 46.5 Å². The number of nitrogen functional groups attached to an aromatic ring is 1. The van der Waals surface area contributed by atoms with Gasteiger partial charge in [0.15, 0.2) is 0 Å². The summed E-state index contributed by atoms with van der Waals surface area (Å²) in [7, 11) is 3.16. The van der Waals surface area contributed by atoms with Crippen LogP contribution in [0.15, 0.2) is 30.7 Å². The Morgan fingerprint density at radius 1 is 1.23 bits per heavy atom. The molecule has 3 rings (SSSR count). The second-order valence-corrected chi connectivity index (χ2v) is 6.42. The van der Waals surface area contributed by atoms with Gasteiger partial charge >= 0.3 is 6.18 Å². The number of anilines is 2. The summed E-state index contributed by atoms with van der Waals surface area (Å²) in [5.41, 5.74) is 8.64. The molecule has 0 aliphatic rings.